The summed E-state index contributed by atoms with van der Waals surface area (Å²) in [4.78, 5) is 17.6. The molecule has 3 rings (SSSR count). The molecule has 1 aliphatic rings. The molecule has 5 heteroatoms. The molecule has 0 N–H and O–H groups in total. The van der Waals surface area contributed by atoms with Gasteiger partial charge in [-0.3, -0.25) is 4.79 Å². The number of hydrogen-bond donors (Lipinski definition) is 0. The molecule has 1 fully saturated rings. The summed E-state index contributed by atoms with van der Waals surface area (Å²) in [5.41, 5.74) is 1.26. The molecule has 1 atom stereocenters. The van der Waals surface area contributed by atoms with Crippen LogP contribution in [0, 0.1) is 6.92 Å². The van der Waals surface area contributed by atoms with E-state index in [4.69, 9.17) is 9.15 Å². The van der Waals surface area contributed by atoms with Crippen molar-refractivity contribution in [1.29, 1.82) is 0 Å². The zero-order valence-corrected chi connectivity index (χ0v) is 11.0. The van der Waals surface area contributed by atoms with Gasteiger partial charge < -0.3 is 14.1 Å². The molecule has 0 unspecified atom stereocenters. The van der Waals surface area contributed by atoms with Crippen LogP contribution in [0.4, 0.5) is 5.82 Å². The predicted molar refractivity (Wildman–Crippen MR) is 71.8 cm³/mol. The summed E-state index contributed by atoms with van der Waals surface area (Å²) >= 11 is 0. The van der Waals surface area contributed by atoms with E-state index in [1.165, 1.54) is 0 Å². The van der Waals surface area contributed by atoms with Gasteiger partial charge in [-0.2, -0.15) is 0 Å². The van der Waals surface area contributed by atoms with Crippen molar-refractivity contribution in [2.24, 2.45) is 0 Å². The van der Waals surface area contributed by atoms with Crippen molar-refractivity contribution in [1.82, 2.24) is 4.98 Å². The van der Waals surface area contributed by atoms with E-state index >= 15 is 0 Å². The maximum Gasteiger partial charge on any atom is 0.177 e. The number of morpholine rings is 1. The van der Waals surface area contributed by atoms with Gasteiger partial charge in [0.15, 0.2) is 17.7 Å². The Bertz CT molecular complexity index is 620. The van der Waals surface area contributed by atoms with E-state index in [1.807, 2.05) is 13.0 Å². The lowest BCUT2D eigenvalue weighted by molar-refractivity contribution is 0.0985. The van der Waals surface area contributed by atoms with E-state index in [9.17, 15) is 4.79 Å². The molecule has 0 amide bonds. The molecule has 3 heterocycles. The fourth-order valence-electron chi connectivity index (χ4n) is 2.49. The average Bonchev–Trinajstić information content (AvgIpc) is 2.80. The van der Waals surface area contributed by atoms with Gasteiger partial charge in [-0.1, -0.05) is 0 Å². The number of hydrogen-bond acceptors (Lipinski definition) is 5. The summed E-state index contributed by atoms with van der Waals surface area (Å²) in [5.74, 6) is 1.58. The largest absolute Gasteiger partial charge is 0.457 e. The minimum absolute atomic E-state index is 0.247. The minimum atomic E-state index is 0.247. The van der Waals surface area contributed by atoms with E-state index in [1.54, 1.807) is 6.20 Å². The highest BCUT2D eigenvalue weighted by Gasteiger charge is 2.24. The number of carbonyl (C=O) groups excluding carboxylic acids is 1. The first kappa shape index (κ1) is 12.2. The van der Waals surface area contributed by atoms with E-state index in [-0.39, 0.29) is 6.04 Å². The lowest BCUT2D eigenvalue weighted by Gasteiger charge is -2.34. The Morgan fingerprint density at radius 1 is 1.53 bits per heavy atom. The topological polar surface area (TPSA) is 55.6 Å². The van der Waals surface area contributed by atoms with Crippen LogP contribution < -0.4 is 4.90 Å². The van der Waals surface area contributed by atoms with Crippen molar-refractivity contribution in [2.45, 2.75) is 19.9 Å². The number of pyridine rings is 1. The number of anilines is 1. The lowest BCUT2D eigenvalue weighted by Crippen LogP contribution is -2.44. The van der Waals surface area contributed by atoms with Crippen molar-refractivity contribution in [2.75, 3.05) is 24.7 Å². The first-order valence-corrected chi connectivity index (χ1v) is 6.39. The van der Waals surface area contributed by atoms with Crippen molar-refractivity contribution >= 4 is 23.1 Å². The van der Waals surface area contributed by atoms with Crippen LogP contribution >= 0.6 is 0 Å². The molecule has 0 spiro atoms. The molecule has 0 aliphatic carbocycles. The second kappa shape index (κ2) is 4.66. The summed E-state index contributed by atoms with van der Waals surface area (Å²) in [6, 6.07) is 2.13. The van der Waals surface area contributed by atoms with E-state index in [0.29, 0.717) is 24.4 Å². The fourth-order valence-corrected chi connectivity index (χ4v) is 2.49. The average molecular weight is 260 g/mol. The number of rotatable bonds is 2. The number of ether oxygens (including phenoxy) is 1. The Kier molecular flexibility index (Phi) is 2.98. The number of nitrogens with zero attached hydrogens (tertiary/aromatic N) is 2. The van der Waals surface area contributed by atoms with Crippen LogP contribution in [0.2, 0.25) is 0 Å². The van der Waals surface area contributed by atoms with Crippen LogP contribution in [-0.4, -0.2) is 37.1 Å². The Morgan fingerprint density at radius 2 is 2.37 bits per heavy atom. The third-order valence-electron chi connectivity index (χ3n) is 3.46. The maximum absolute atomic E-state index is 11.1. The second-order valence-corrected chi connectivity index (χ2v) is 4.87. The van der Waals surface area contributed by atoms with Gasteiger partial charge in [-0.25, -0.2) is 4.98 Å². The van der Waals surface area contributed by atoms with E-state index in [0.717, 1.165) is 29.8 Å². The standard InChI is InChI=1S/C14H16N2O3/c1-9-8-18-4-3-16(9)14-13-12(5-10(2)19-13)11(7-17)6-15-14/h5-7,9H,3-4,8H2,1-2H3/t9-/m0/s1. The highest BCUT2D eigenvalue weighted by Crippen LogP contribution is 2.31. The molecule has 5 nitrogen and oxygen atoms in total. The molecule has 100 valence electrons. The normalized spacial score (nSPS) is 19.9. The Hall–Kier alpha value is -1.88. The van der Waals surface area contributed by atoms with Gasteiger partial charge in [0, 0.05) is 23.7 Å². The molecule has 19 heavy (non-hydrogen) atoms. The zero-order valence-electron chi connectivity index (χ0n) is 11.0. The van der Waals surface area contributed by atoms with E-state index < -0.39 is 0 Å². The monoisotopic (exact) mass is 260 g/mol. The first-order valence-electron chi connectivity index (χ1n) is 6.39. The number of furan rings is 1. The fraction of sp³-hybridized carbons (Fsp3) is 0.429. The van der Waals surface area contributed by atoms with Gasteiger partial charge in [0.25, 0.3) is 0 Å². The summed E-state index contributed by atoms with van der Waals surface area (Å²) in [5, 5.41) is 0.830. The minimum Gasteiger partial charge on any atom is -0.457 e. The third-order valence-corrected chi connectivity index (χ3v) is 3.46. The van der Waals surface area contributed by atoms with Gasteiger partial charge >= 0.3 is 0 Å². The van der Waals surface area contributed by atoms with Gasteiger partial charge in [0.2, 0.25) is 0 Å². The molecule has 1 aliphatic heterocycles. The van der Waals surface area contributed by atoms with Crippen LogP contribution in [0.25, 0.3) is 11.0 Å². The molecule has 2 aromatic rings. The molecular formula is C14H16N2O3. The summed E-state index contributed by atoms with van der Waals surface area (Å²) in [6.45, 7) is 6.11. The maximum atomic E-state index is 11.1. The number of fused-ring (bicyclic) bond motifs is 1. The number of aldehydes is 1. The van der Waals surface area contributed by atoms with Crippen LogP contribution in [0.1, 0.15) is 23.0 Å². The first-order chi connectivity index (χ1) is 9.20. The van der Waals surface area contributed by atoms with Crippen molar-refractivity contribution in [3.05, 3.63) is 23.6 Å². The molecule has 0 saturated carbocycles. The van der Waals surface area contributed by atoms with Crippen LogP contribution in [0.3, 0.4) is 0 Å². The summed E-state index contributed by atoms with van der Waals surface area (Å²) in [6.07, 6.45) is 2.43. The van der Waals surface area contributed by atoms with E-state index in [2.05, 4.69) is 16.8 Å². The molecule has 0 radical (unpaired) electrons. The van der Waals surface area contributed by atoms with Gasteiger partial charge in [0.1, 0.15) is 5.76 Å². The SMILES string of the molecule is Cc1cc2c(C=O)cnc(N3CCOC[C@@H]3C)c2o1. The molecule has 2 aromatic heterocycles. The second-order valence-electron chi connectivity index (χ2n) is 4.87. The Labute approximate surface area is 111 Å². The van der Waals surface area contributed by atoms with Crippen molar-refractivity contribution in [3.63, 3.8) is 0 Å². The van der Waals surface area contributed by atoms with Crippen molar-refractivity contribution in [3.8, 4) is 0 Å². The zero-order chi connectivity index (χ0) is 13.4. The van der Waals surface area contributed by atoms with Gasteiger partial charge in [0.05, 0.1) is 19.3 Å². The number of aryl methyl sites for hydroxylation is 1. The van der Waals surface area contributed by atoms with Crippen LogP contribution in [-0.2, 0) is 4.74 Å². The molecular weight excluding hydrogens is 244 g/mol. The summed E-state index contributed by atoms with van der Waals surface area (Å²) in [7, 11) is 0. The van der Waals surface area contributed by atoms with Crippen LogP contribution in [0.15, 0.2) is 16.7 Å². The third kappa shape index (κ3) is 2.00. The molecule has 0 aromatic carbocycles. The number of carbonyl (C=O) groups is 1. The van der Waals surface area contributed by atoms with Gasteiger partial charge in [-0.05, 0) is 19.9 Å². The Balaban J connectivity index is 2.15. The summed E-state index contributed by atoms with van der Waals surface area (Å²) < 4.78 is 11.2. The highest BCUT2D eigenvalue weighted by molar-refractivity contribution is 6.00. The molecule has 1 saturated heterocycles. The van der Waals surface area contributed by atoms with Crippen molar-refractivity contribution < 1.29 is 13.9 Å². The quantitative estimate of drug-likeness (QED) is 0.775. The lowest BCUT2D eigenvalue weighted by atomic mass is 10.1. The highest BCUT2D eigenvalue weighted by atomic mass is 16.5. The predicted octanol–water partition coefficient (Wildman–Crippen LogP) is 2.17. The molecule has 0 bridgehead atoms. The Morgan fingerprint density at radius 3 is 3.11 bits per heavy atom. The van der Waals surface area contributed by atoms with Gasteiger partial charge in [-0.15, -0.1) is 0 Å². The van der Waals surface area contributed by atoms with Crippen LogP contribution in [0.5, 0.6) is 0 Å². The smallest absolute Gasteiger partial charge is 0.177 e. The number of aromatic nitrogens is 1.